The van der Waals surface area contributed by atoms with Gasteiger partial charge >= 0.3 is 18.4 Å². The number of ether oxygens (including phenoxy) is 4. The molecule has 0 atom stereocenters. The molecule has 0 saturated heterocycles. The van der Waals surface area contributed by atoms with Crippen LogP contribution >= 0.6 is 11.6 Å². The summed E-state index contributed by atoms with van der Waals surface area (Å²) in [5.74, 6) is 1.82. The number of carbonyl (C=O) groups is 5. The standard InChI is InChI=1S/C16H17N5O2.C13H11N5O.C11H9N5.C10H18O5.C2H3ClO/c1-16(2,3)23-15(22)18-11-7-8-13-19-20-14(21(13)10-11)12-6-4-5-9-17-12;1-9(19)15-10-5-6-12-16-17-13(18(12)8-10)11-4-2-3-7-14-11;12-8-4-5-10-14-15-11(16(10)7-8)9-3-1-2-6-13-9;1-9(2,3)14-7(11)13-8(12)15-10(4,5)6;1-2(3)4/h4-10H,1-3H3,(H,18,22);2-8H,1H3,(H,15,19);1-7H,12H2;1-6H3;1H3. The molecule has 24 nitrogen and oxygen atoms in total. The zero-order valence-electron chi connectivity index (χ0n) is 44.1. The van der Waals surface area contributed by atoms with E-state index in [4.69, 9.17) is 19.9 Å². The maximum absolute atomic E-state index is 11.9. The Balaban J connectivity index is 0.000000187. The number of nitrogens with zero attached hydrogens (tertiary/aromatic N) is 12. The van der Waals surface area contributed by atoms with Crippen molar-refractivity contribution < 1.29 is 42.9 Å². The Labute approximate surface area is 447 Å². The minimum Gasteiger partial charge on any atom is -0.444 e. The van der Waals surface area contributed by atoms with Crippen molar-refractivity contribution in [3.05, 3.63) is 128 Å². The second-order valence-electron chi connectivity index (χ2n) is 19.0. The Bertz CT molecular complexity index is 3400. The SMILES string of the molecule is CC(=O)Cl.CC(=O)Nc1ccc2nnc(-c3ccccn3)n2c1.CC(C)(C)OC(=O)Nc1ccc2nnc(-c3ccccn3)n2c1.CC(C)(C)OC(=O)OC(=O)OC(C)(C)C.Nc1ccc2nnc(-c3ccccn3)n2c1. The quantitative estimate of drug-likeness (QED) is 0.0624. The third-order valence-corrected chi connectivity index (χ3v) is 8.82. The first-order valence-electron chi connectivity index (χ1n) is 23.3. The highest BCUT2D eigenvalue weighted by Gasteiger charge is 2.24. The van der Waals surface area contributed by atoms with Crippen molar-refractivity contribution in [2.24, 2.45) is 0 Å². The number of pyridine rings is 6. The van der Waals surface area contributed by atoms with E-state index < -0.39 is 35.2 Å². The molecule has 0 unspecified atom stereocenters. The fourth-order valence-electron chi connectivity index (χ4n) is 6.08. The molecule has 9 heterocycles. The first-order chi connectivity index (χ1) is 36.2. The Kier molecular flexibility index (Phi) is 19.9. The monoisotopic (exact) mass is 1070 g/mol. The molecule has 0 fully saturated rings. The molecule has 0 aliphatic heterocycles. The highest BCUT2D eigenvalue weighted by atomic mass is 35.5. The summed E-state index contributed by atoms with van der Waals surface area (Å²) in [5.41, 5.74) is 10.1. The maximum atomic E-state index is 11.9. The predicted molar refractivity (Wildman–Crippen MR) is 287 cm³/mol. The fraction of sp³-hybridized carbons (Fsp3) is 0.269. The van der Waals surface area contributed by atoms with Gasteiger partial charge in [0.2, 0.25) is 11.1 Å². The van der Waals surface area contributed by atoms with Crippen molar-refractivity contribution in [3.8, 4) is 34.6 Å². The molecule has 0 aliphatic carbocycles. The number of amides is 2. The van der Waals surface area contributed by atoms with Crippen LogP contribution in [0, 0.1) is 0 Å². The predicted octanol–water partition coefficient (Wildman–Crippen LogP) is 9.91. The van der Waals surface area contributed by atoms with E-state index in [1.54, 1.807) is 118 Å². The van der Waals surface area contributed by atoms with Gasteiger partial charge in [0.15, 0.2) is 34.4 Å². The summed E-state index contributed by atoms with van der Waals surface area (Å²) in [6.07, 6.45) is 7.80. The normalized spacial score (nSPS) is 10.9. The summed E-state index contributed by atoms with van der Waals surface area (Å²) in [5, 5.41) is 29.7. The van der Waals surface area contributed by atoms with Gasteiger partial charge in [0.25, 0.3) is 0 Å². The third-order valence-electron chi connectivity index (χ3n) is 8.82. The van der Waals surface area contributed by atoms with E-state index in [-0.39, 0.29) is 11.1 Å². The summed E-state index contributed by atoms with van der Waals surface area (Å²) >= 11 is 4.64. The lowest BCUT2D eigenvalue weighted by atomic mass is 10.2. The molecule has 402 valence electrons. The van der Waals surface area contributed by atoms with Gasteiger partial charge in [-0.25, -0.2) is 14.4 Å². The van der Waals surface area contributed by atoms with Crippen LogP contribution in [0.1, 0.15) is 76.2 Å². The topological polar surface area (TPSA) is 302 Å². The summed E-state index contributed by atoms with van der Waals surface area (Å²) in [7, 11) is 0. The smallest absolute Gasteiger partial charge is 0.444 e. The van der Waals surface area contributed by atoms with Crippen LogP contribution in [0.15, 0.2) is 128 Å². The molecule has 0 aromatic carbocycles. The van der Waals surface area contributed by atoms with Crippen molar-refractivity contribution in [2.45, 2.75) is 93.0 Å². The van der Waals surface area contributed by atoms with Gasteiger partial charge < -0.3 is 30.0 Å². The highest BCUT2D eigenvalue weighted by Crippen LogP contribution is 2.21. The van der Waals surface area contributed by atoms with Crippen molar-refractivity contribution in [1.29, 1.82) is 0 Å². The van der Waals surface area contributed by atoms with Gasteiger partial charge in [0.05, 0.1) is 11.4 Å². The van der Waals surface area contributed by atoms with Crippen LogP contribution in [0.3, 0.4) is 0 Å². The number of nitrogen functional groups attached to an aromatic ring is 1. The average molecular weight is 1070 g/mol. The molecular formula is C52H58ClN15O9. The molecule has 0 bridgehead atoms. The molecule has 9 rings (SSSR count). The van der Waals surface area contributed by atoms with Crippen LogP contribution in [0.25, 0.3) is 51.5 Å². The first kappa shape index (κ1) is 58.4. The van der Waals surface area contributed by atoms with Gasteiger partial charge in [0, 0.05) is 56.7 Å². The van der Waals surface area contributed by atoms with Crippen molar-refractivity contribution >= 4 is 75.2 Å². The minimum absolute atomic E-state index is 0.119. The summed E-state index contributed by atoms with van der Waals surface area (Å²) in [6.45, 7) is 18.2. The number of nitrogens with one attached hydrogen (secondary N) is 2. The Morgan fingerprint density at radius 1 is 0.481 bits per heavy atom. The van der Waals surface area contributed by atoms with Gasteiger partial charge in [-0.3, -0.25) is 43.1 Å². The van der Waals surface area contributed by atoms with E-state index in [9.17, 15) is 24.0 Å². The van der Waals surface area contributed by atoms with Crippen molar-refractivity contribution in [1.82, 2.24) is 58.7 Å². The van der Waals surface area contributed by atoms with E-state index in [0.717, 1.165) is 17.0 Å². The second kappa shape index (κ2) is 26.2. The number of anilines is 3. The van der Waals surface area contributed by atoms with Crippen LogP contribution in [-0.4, -0.2) is 105 Å². The number of hydrogen-bond donors (Lipinski definition) is 3. The van der Waals surface area contributed by atoms with Gasteiger partial charge in [-0.2, -0.15) is 0 Å². The number of carbonyl (C=O) groups excluding carboxylic acids is 5. The second-order valence-corrected chi connectivity index (χ2v) is 19.5. The number of hydrogen-bond acceptors (Lipinski definition) is 19. The zero-order chi connectivity index (χ0) is 56.5. The number of halogens is 1. The molecule has 0 spiro atoms. The zero-order valence-corrected chi connectivity index (χ0v) is 44.9. The molecular weight excluding hydrogens is 1010 g/mol. The van der Waals surface area contributed by atoms with Gasteiger partial charge in [-0.15, -0.1) is 30.6 Å². The van der Waals surface area contributed by atoms with E-state index in [0.29, 0.717) is 51.5 Å². The number of aromatic nitrogens is 12. The summed E-state index contributed by atoms with van der Waals surface area (Å²) in [4.78, 5) is 66.9. The van der Waals surface area contributed by atoms with Gasteiger partial charge in [-0.05, 0) is 147 Å². The van der Waals surface area contributed by atoms with Gasteiger partial charge in [-0.1, -0.05) is 18.2 Å². The van der Waals surface area contributed by atoms with Crippen LogP contribution in [0.2, 0.25) is 0 Å². The Hall–Kier alpha value is -9.45. The summed E-state index contributed by atoms with van der Waals surface area (Å²) in [6, 6.07) is 27.6. The Morgan fingerprint density at radius 2 is 0.831 bits per heavy atom. The van der Waals surface area contributed by atoms with Crippen molar-refractivity contribution in [3.63, 3.8) is 0 Å². The number of rotatable bonds is 5. The molecule has 0 radical (unpaired) electrons. The molecule has 9 aromatic rings. The molecule has 0 saturated carbocycles. The van der Waals surface area contributed by atoms with E-state index in [1.807, 2.05) is 85.8 Å². The van der Waals surface area contributed by atoms with E-state index >= 15 is 0 Å². The van der Waals surface area contributed by atoms with Crippen LogP contribution in [0.4, 0.5) is 31.4 Å². The molecule has 25 heteroatoms. The van der Waals surface area contributed by atoms with Crippen LogP contribution < -0.4 is 16.4 Å². The number of fused-ring (bicyclic) bond motifs is 3. The third kappa shape index (κ3) is 19.4. The van der Waals surface area contributed by atoms with E-state index in [1.165, 1.54) is 13.8 Å². The minimum atomic E-state index is -1.06. The average Bonchev–Trinajstić information content (AvgIpc) is 4.08. The molecule has 4 N–H and O–H groups in total. The fourth-order valence-corrected chi connectivity index (χ4v) is 6.08. The highest BCUT2D eigenvalue weighted by molar-refractivity contribution is 6.62. The Morgan fingerprint density at radius 3 is 1.17 bits per heavy atom. The van der Waals surface area contributed by atoms with Gasteiger partial charge in [0.1, 0.15) is 33.9 Å². The molecule has 9 aromatic heterocycles. The van der Waals surface area contributed by atoms with Crippen molar-refractivity contribution in [2.75, 3.05) is 16.4 Å². The summed E-state index contributed by atoms with van der Waals surface area (Å²) < 4.78 is 24.5. The van der Waals surface area contributed by atoms with Crippen LogP contribution in [0.5, 0.6) is 0 Å². The molecule has 2 amide bonds. The lowest BCUT2D eigenvalue weighted by Gasteiger charge is -2.20. The molecule has 0 aliphatic rings. The number of nitrogens with two attached hydrogens (primary N) is 1. The largest absolute Gasteiger partial charge is 0.519 e. The van der Waals surface area contributed by atoms with Crippen LogP contribution in [-0.2, 0) is 28.5 Å². The van der Waals surface area contributed by atoms with E-state index in [2.05, 4.69) is 72.5 Å². The molecule has 77 heavy (non-hydrogen) atoms. The first-order valence-corrected chi connectivity index (χ1v) is 23.7. The lowest BCUT2D eigenvalue weighted by Crippen LogP contribution is -2.29. The lowest BCUT2D eigenvalue weighted by molar-refractivity contribution is -0.114. The maximum Gasteiger partial charge on any atom is 0.519 e.